The van der Waals surface area contributed by atoms with Crippen molar-refractivity contribution in [3.63, 3.8) is 0 Å². The first-order chi connectivity index (χ1) is 10.2. The minimum absolute atomic E-state index is 0.113. The van der Waals surface area contributed by atoms with Crippen molar-refractivity contribution in [3.05, 3.63) is 36.4 Å². The molecular weight excluding hydrogens is 266 g/mol. The summed E-state index contributed by atoms with van der Waals surface area (Å²) in [5.41, 5.74) is 2.61. The minimum atomic E-state index is 0.113. The first-order valence-electron chi connectivity index (χ1n) is 7.26. The molecule has 1 saturated heterocycles. The number of hydrogen-bond donors (Lipinski definition) is 2. The van der Waals surface area contributed by atoms with Gasteiger partial charge in [0.15, 0.2) is 5.89 Å². The number of carbonyl (C=O) groups is 1. The average molecular weight is 285 g/mol. The Labute approximate surface area is 123 Å². The van der Waals surface area contributed by atoms with E-state index < -0.39 is 0 Å². The molecule has 0 spiro atoms. The van der Waals surface area contributed by atoms with Crippen molar-refractivity contribution in [3.8, 4) is 11.3 Å². The van der Waals surface area contributed by atoms with Gasteiger partial charge >= 0.3 is 0 Å². The van der Waals surface area contributed by atoms with Crippen LogP contribution in [0.1, 0.15) is 18.7 Å². The molecule has 0 unspecified atom stereocenters. The van der Waals surface area contributed by atoms with E-state index in [-0.39, 0.29) is 11.8 Å². The highest BCUT2D eigenvalue weighted by Crippen LogP contribution is 2.21. The zero-order chi connectivity index (χ0) is 14.7. The summed E-state index contributed by atoms with van der Waals surface area (Å²) in [6.45, 7) is 3.65. The van der Waals surface area contributed by atoms with Gasteiger partial charge in [-0.2, -0.15) is 0 Å². The molecule has 5 nitrogen and oxygen atoms in total. The highest BCUT2D eigenvalue weighted by atomic mass is 16.3. The number of nitrogens with zero attached hydrogens (tertiary/aromatic N) is 1. The Hall–Kier alpha value is -2.14. The van der Waals surface area contributed by atoms with E-state index in [1.165, 1.54) is 0 Å². The van der Waals surface area contributed by atoms with Crippen molar-refractivity contribution < 1.29 is 9.21 Å². The van der Waals surface area contributed by atoms with Crippen LogP contribution in [0.5, 0.6) is 0 Å². The van der Waals surface area contributed by atoms with Crippen LogP contribution in [0.15, 0.2) is 34.9 Å². The lowest BCUT2D eigenvalue weighted by molar-refractivity contribution is -0.120. The molecular formula is C16H19N3O2. The lowest BCUT2D eigenvalue weighted by Crippen LogP contribution is -2.34. The van der Waals surface area contributed by atoms with E-state index in [4.69, 9.17) is 4.42 Å². The third-order valence-electron chi connectivity index (χ3n) is 3.78. The maximum absolute atomic E-state index is 12.2. The largest absolute Gasteiger partial charge is 0.449 e. The van der Waals surface area contributed by atoms with Crippen LogP contribution in [-0.4, -0.2) is 24.0 Å². The highest BCUT2D eigenvalue weighted by molar-refractivity contribution is 5.92. The molecule has 21 heavy (non-hydrogen) atoms. The summed E-state index contributed by atoms with van der Waals surface area (Å²) < 4.78 is 5.21. The number of rotatable bonds is 3. The number of amides is 1. The second-order valence-corrected chi connectivity index (χ2v) is 5.34. The molecule has 0 saturated carbocycles. The quantitative estimate of drug-likeness (QED) is 0.909. The first kappa shape index (κ1) is 13.8. The fourth-order valence-electron chi connectivity index (χ4n) is 2.55. The topological polar surface area (TPSA) is 67.2 Å². The molecule has 5 heteroatoms. The molecule has 1 fully saturated rings. The third kappa shape index (κ3) is 3.31. The van der Waals surface area contributed by atoms with Crippen molar-refractivity contribution in [2.45, 2.75) is 19.8 Å². The molecule has 0 bridgehead atoms. The van der Waals surface area contributed by atoms with Gasteiger partial charge < -0.3 is 15.1 Å². The van der Waals surface area contributed by atoms with Crippen LogP contribution in [0.2, 0.25) is 0 Å². The summed E-state index contributed by atoms with van der Waals surface area (Å²) in [6, 6.07) is 7.68. The molecule has 2 aromatic rings. The Kier molecular flexibility index (Phi) is 4.01. The zero-order valence-corrected chi connectivity index (χ0v) is 12.1. The number of carbonyl (C=O) groups excluding carboxylic acids is 1. The molecule has 1 aliphatic rings. The maximum atomic E-state index is 12.2. The van der Waals surface area contributed by atoms with E-state index >= 15 is 0 Å². The zero-order valence-electron chi connectivity index (χ0n) is 12.1. The van der Waals surface area contributed by atoms with E-state index in [0.29, 0.717) is 5.89 Å². The van der Waals surface area contributed by atoms with Crippen LogP contribution in [0.25, 0.3) is 11.3 Å². The summed E-state index contributed by atoms with van der Waals surface area (Å²) in [7, 11) is 0. The number of anilines is 1. The standard InChI is InChI=1S/C16H19N3O2/c1-11-18-15(10-21-11)12-2-4-14(5-3-12)19-16(20)13-6-8-17-9-7-13/h2-5,10,13,17H,6-9H2,1H3,(H,19,20). The lowest BCUT2D eigenvalue weighted by atomic mass is 9.97. The molecule has 0 radical (unpaired) electrons. The van der Waals surface area contributed by atoms with Gasteiger partial charge in [0.25, 0.3) is 0 Å². The van der Waals surface area contributed by atoms with Gasteiger partial charge in [-0.1, -0.05) is 12.1 Å². The number of oxazole rings is 1. The molecule has 2 N–H and O–H groups in total. The summed E-state index contributed by atoms with van der Waals surface area (Å²) in [4.78, 5) is 16.4. The van der Waals surface area contributed by atoms with Crippen molar-refractivity contribution in [2.24, 2.45) is 5.92 Å². The summed E-state index contributed by atoms with van der Waals surface area (Å²) >= 11 is 0. The number of benzene rings is 1. The molecule has 0 aliphatic carbocycles. The van der Waals surface area contributed by atoms with E-state index in [9.17, 15) is 4.79 Å². The predicted octanol–water partition coefficient (Wildman–Crippen LogP) is 2.59. The smallest absolute Gasteiger partial charge is 0.227 e. The Balaban J connectivity index is 1.65. The van der Waals surface area contributed by atoms with Crippen LogP contribution in [0, 0.1) is 12.8 Å². The Morgan fingerprint density at radius 2 is 2.00 bits per heavy atom. The molecule has 1 aliphatic heterocycles. The van der Waals surface area contributed by atoms with Gasteiger partial charge in [-0.05, 0) is 38.1 Å². The van der Waals surface area contributed by atoms with Crippen molar-refractivity contribution >= 4 is 11.6 Å². The van der Waals surface area contributed by atoms with Gasteiger partial charge in [-0.3, -0.25) is 4.79 Å². The van der Waals surface area contributed by atoms with Gasteiger partial charge in [0, 0.05) is 24.1 Å². The van der Waals surface area contributed by atoms with Crippen LogP contribution < -0.4 is 10.6 Å². The van der Waals surface area contributed by atoms with E-state index in [2.05, 4.69) is 15.6 Å². The summed E-state index contributed by atoms with van der Waals surface area (Å²) in [5, 5.41) is 6.25. The van der Waals surface area contributed by atoms with Crippen LogP contribution >= 0.6 is 0 Å². The lowest BCUT2D eigenvalue weighted by Gasteiger charge is -2.21. The number of nitrogens with one attached hydrogen (secondary N) is 2. The number of aromatic nitrogens is 1. The van der Waals surface area contributed by atoms with E-state index in [0.717, 1.165) is 42.9 Å². The second kappa shape index (κ2) is 6.10. The predicted molar refractivity (Wildman–Crippen MR) is 80.9 cm³/mol. The molecule has 110 valence electrons. The van der Waals surface area contributed by atoms with Gasteiger partial charge in [0.2, 0.25) is 5.91 Å². The van der Waals surface area contributed by atoms with Crippen molar-refractivity contribution in [1.82, 2.24) is 10.3 Å². The summed E-state index contributed by atoms with van der Waals surface area (Å²) in [6.07, 6.45) is 3.45. The number of piperidine rings is 1. The average Bonchev–Trinajstić information content (AvgIpc) is 2.95. The molecule has 3 rings (SSSR count). The van der Waals surface area contributed by atoms with E-state index in [1.807, 2.05) is 31.2 Å². The molecule has 1 amide bonds. The molecule has 0 atom stereocenters. The minimum Gasteiger partial charge on any atom is -0.449 e. The van der Waals surface area contributed by atoms with Gasteiger partial charge in [-0.25, -0.2) is 4.98 Å². The van der Waals surface area contributed by atoms with Gasteiger partial charge in [0.1, 0.15) is 12.0 Å². The molecule has 1 aromatic carbocycles. The Morgan fingerprint density at radius 3 is 2.62 bits per heavy atom. The third-order valence-corrected chi connectivity index (χ3v) is 3.78. The fraction of sp³-hybridized carbons (Fsp3) is 0.375. The van der Waals surface area contributed by atoms with Crippen molar-refractivity contribution in [1.29, 1.82) is 0 Å². The summed E-state index contributed by atoms with van der Waals surface area (Å²) in [5.74, 6) is 0.874. The highest BCUT2D eigenvalue weighted by Gasteiger charge is 2.20. The Morgan fingerprint density at radius 1 is 1.29 bits per heavy atom. The Bertz CT molecular complexity index is 613. The van der Waals surface area contributed by atoms with Crippen molar-refractivity contribution in [2.75, 3.05) is 18.4 Å². The molecule has 2 heterocycles. The second-order valence-electron chi connectivity index (χ2n) is 5.34. The fourth-order valence-corrected chi connectivity index (χ4v) is 2.55. The van der Waals surface area contributed by atoms with Crippen LogP contribution in [-0.2, 0) is 4.79 Å². The van der Waals surface area contributed by atoms with Crippen LogP contribution in [0.4, 0.5) is 5.69 Å². The first-order valence-corrected chi connectivity index (χ1v) is 7.26. The maximum Gasteiger partial charge on any atom is 0.227 e. The van der Waals surface area contributed by atoms with Gasteiger partial charge in [-0.15, -0.1) is 0 Å². The van der Waals surface area contributed by atoms with Crippen LogP contribution in [0.3, 0.4) is 0 Å². The van der Waals surface area contributed by atoms with Gasteiger partial charge in [0.05, 0.1) is 0 Å². The SMILES string of the molecule is Cc1nc(-c2ccc(NC(=O)C3CCNCC3)cc2)co1. The molecule has 1 aromatic heterocycles. The monoisotopic (exact) mass is 285 g/mol. The normalized spacial score (nSPS) is 15.9. The van der Waals surface area contributed by atoms with E-state index in [1.54, 1.807) is 6.26 Å². The number of hydrogen-bond acceptors (Lipinski definition) is 4. The number of aryl methyl sites for hydroxylation is 1.